The van der Waals surface area contributed by atoms with Gasteiger partial charge in [-0.2, -0.15) is 0 Å². The van der Waals surface area contributed by atoms with Crippen LogP contribution in [0.15, 0.2) is 12.1 Å². The monoisotopic (exact) mass is 279 g/mol. The van der Waals surface area contributed by atoms with Gasteiger partial charge in [-0.25, -0.2) is 4.39 Å². The summed E-state index contributed by atoms with van der Waals surface area (Å²) >= 11 is 5.19. The normalized spacial score (nSPS) is 14.8. The van der Waals surface area contributed by atoms with Crippen molar-refractivity contribution in [1.29, 1.82) is 0 Å². The third kappa shape index (κ3) is 2.40. The molecule has 19 heavy (non-hydrogen) atoms. The molecule has 0 radical (unpaired) electrons. The van der Waals surface area contributed by atoms with Gasteiger partial charge in [-0.05, 0) is 49.7 Å². The number of H-pyrrole nitrogens is 1. The highest BCUT2D eigenvalue weighted by molar-refractivity contribution is 7.71. The predicted molar refractivity (Wildman–Crippen MR) is 73.0 cm³/mol. The molecule has 0 atom stereocenters. The number of hydrogen-bond donors (Lipinski definition) is 2. The fourth-order valence-electron chi connectivity index (χ4n) is 2.08. The van der Waals surface area contributed by atoms with E-state index < -0.39 is 0 Å². The number of fused-ring (bicyclic) bond motifs is 1. The van der Waals surface area contributed by atoms with Gasteiger partial charge in [0.2, 0.25) is 5.91 Å². The second-order valence-corrected chi connectivity index (χ2v) is 5.36. The lowest BCUT2D eigenvalue weighted by Gasteiger charge is -2.06. The Kier molecular flexibility index (Phi) is 2.89. The van der Waals surface area contributed by atoms with Crippen LogP contribution in [0.5, 0.6) is 0 Å². The fourth-order valence-corrected chi connectivity index (χ4v) is 2.36. The number of aromatic nitrogens is 2. The van der Waals surface area contributed by atoms with Crippen LogP contribution in [0.4, 0.5) is 4.39 Å². The van der Waals surface area contributed by atoms with Crippen LogP contribution in [-0.2, 0) is 11.3 Å². The van der Waals surface area contributed by atoms with Crippen LogP contribution in [-0.4, -0.2) is 21.5 Å². The molecule has 1 saturated carbocycles. The summed E-state index contributed by atoms with van der Waals surface area (Å²) in [6.07, 6.45) is 2.10. The molecule has 1 fully saturated rings. The summed E-state index contributed by atoms with van der Waals surface area (Å²) in [5.41, 5.74) is 1.92. The Morgan fingerprint density at radius 1 is 1.58 bits per heavy atom. The van der Waals surface area contributed by atoms with Gasteiger partial charge in [0, 0.05) is 6.04 Å². The second-order valence-electron chi connectivity index (χ2n) is 4.98. The van der Waals surface area contributed by atoms with E-state index in [0.29, 0.717) is 21.9 Å². The summed E-state index contributed by atoms with van der Waals surface area (Å²) in [6, 6.07) is 3.45. The van der Waals surface area contributed by atoms with Crippen LogP contribution in [0, 0.1) is 17.5 Å². The predicted octanol–water partition coefficient (Wildman–Crippen LogP) is 2.43. The average Bonchev–Trinajstić information content (AvgIpc) is 3.09. The zero-order valence-electron chi connectivity index (χ0n) is 10.5. The summed E-state index contributed by atoms with van der Waals surface area (Å²) in [5, 5.41) is 2.92. The smallest absolute Gasteiger partial charge is 0.240 e. The van der Waals surface area contributed by atoms with Gasteiger partial charge in [0.1, 0.15) is 12.4 Å². The first-order chi connectivity index (χ1) is 9.04. The Bertz CT molecular complexity index is 714. The minimum atomic E-state index is -0.279. The Balaban J connectivity index is 1.97. The highest BCUT2D eigenvalue weighted by Gasteiger charge is 2.23. The second kappa shape index (κ2) is 4.45. The first kappa shape index (κ1) is 12.3. The molecule has 1 aromatic heterocycles. The van der Waals surface area contributed by atoms with Gasteiger partial charge in [0.15, 0.2) is 4.77 Å². The highest BCUT2D eigenvalue weighted by atomic mass is 32.1. The van der Waals surface area contributed by atoms with Crippen molar-refractivity contribution in [3.05, 3.63) is 28.3 Å². The van der Waals surface area contributed by atoms with Crippen LogP contribution in [0.3, 0.4) is 0 Å². The molecule has 0 unspecified atom stereocenters. The zero-order valence-corrected chi connectivity index (χ0v) is 11.3. The maximum atomic E-state index is 13.5. The van der Waals surface area contributed by atoms with Gasteiger partial charge < -0.3 is 14.9 Å². The van der Waals surface area contributed by atoms with E-state index in [1.54, 1.807) is 17.6 Å². The van der Waals surface area contributed by atoms with Crippen molar-refractivity contribution in [2.45, 2.75) is 32.4 Å². The molecule has 100 valence electrons. The molecule has 1 aliphatic rings. The molecule has 1 aromatic carbocycles. The molecule has 2 aromatic rings. The number of nitrogens with zero attached hydrogens (tertiary/aromatic N) is 1. The number of nitrogens with one attached hydrogen (secondary N) is 2. The Labute approximate surface area is 114 Å². The Morgan fingerprint density at radius 2 is 2.32 bits per heavy atom. The third-order valence-electron chi connectivity index (χ3n) is 3.30. The fraction of sp³-hybridized carbons (Fsp3) is 0.385. The number of aromatic amines is 1. The summed E-state index contributed by atoms with van der Waals surface area (Å²) < 4.78 is 15.6. The number of carbonyl (C=O) groups excluding carboxylic acids is 1. The molecule has 0 spiro atoms. The quantitative estimate of drug-likeness (QED) is 0.848. The van der Waals surface area contributed by atoms with Crippen molar-refractivity contribution in [3.8, 4) is 0 Å². The number of hydrogen-bond acceptors (Lipinski definition) is 2. The number of benzene rings is 1. The van der Waals surface area contributed by atoms with Gasteiger partial charge in [-0.1, -0.05) is 0 Å². The molecule has 4 nitrogen and oxygen atoms in total. The molecule has 1 heterocycles. The van der Waals surface area contributed by atoms with E-state index in [1.165, 1.54) is 6.07 Å². The lowest BCUT2D eigenvalue weighted by Crippen LogP contribution is -2.29. The molecule has 0 bridgehead atoms. The van der Waals surface area contributed by atoms with E-state index in [1.807, 2.05) is 0 Å². The number of rotatable bonds is 3. The molecule has 6 heteroatoms. The molecule has 1 aliphatic carbocycles. The summed E-state index contributed by atoms with van der Waals surface area (Å²) in [5.74, 6) is -0.334. The SMILES string of the molecule is Cc1cc2c(cc1F)[nH]c(=S)n2CC(=O)NC1CC1. The van der Waals surface area contributed by atoms with Crippen molar-refractivity contribution >= 4 is 29.2 Å². The van der Waals surface area contributed by atoms with E-state index in [2.05, 4.69) is 10.3 Å². The third-order valence-corrected chi connectivity index (χ3v) is 3.62. The molecule has 0 saturated heterocycles. The van der Waals surface area contributed by atoms with E-state index in [9.17, 15) is 9.18 Å². The van der Waals surface area contributed by atoms with Crippen molar-refractivity contribution in [2.75, 3.05) is 0 Å². The minimum Gasteiger partial charge on any atom is -0.352 e. The van der Waals surface area contributed by atoms with Gasteiger partial charge in [0.05, 0.1) is 11.0 Å². The van der Waals surface area contributed by atoms with Crippen LogP contribution in [0.1, 0.15) is 18.4 Å². The van der Waals surface area contributed by atoms with Crippen molar-refractivity contribution in [2.24, 2.45) is 0 Å². The minimum absolute atomic E-state index is 0.0542. The van der Waals surface area contributed by atoms with Gasteiger partial charge >= 0.3 is 0 Å². The van der Waals surface area contributed by atoms with Crippen LogP contribution in [0.25, 0.3) is 11.0 Å². The first-order valence-corrected chi connectivity index (χ1v) is 6.63. The van der Waals surface area contributed by atoms with Crippen molar-refractivity contribution < 1.29 is 9.18 Å². The Hall–Kier alpha value is -1.69. The van der Waals surface area contributed by atoms with Gasteiger partial charge in [-0.3, -0.25) is 4.79 Å². The lowest BCUT2D eigenvalue weighted by atomic mass is 10.2. The maximum Gasteiger partial charge on any atom is 0.240 e. The number of halogens is 1. The molecule has 0 aliphatic heterocycles. The van der Waals surface area contributed by atoms with Crippen LogP contribution < -0.4 is 5.32 Å². The summed E-state index contributed by atoms with van der Waals surface area (Å²) in [7, 11) is 0. The number of amides is 1. The molecular weight excluding hydrogens is 265 g/mol. The number of carbonyl (C=O) groups is 1. The zero-order chi connectivity index (χ0) is 13.6. The maximum absolute atomic E-state index is 13.5. The van der Waals surface area contributed by atoms with E-state index >= 15 is 0 Å². The number of imidazole rings is 1. The van der Waals surface area contributed by atoms with Crippen LogP contribution in [0.2, 0.25) is 0 Å². The van der Waals surface area contributed by atoms with E-state index in [0.717, 1.165) is 18.4 Å². The van der Waals surface area contributed by atoms with Crippen molar-refractivity contribution in [3.63, 3.8) is 0 Å². The highest BCUT2D eigenvalue weighted by Crippen LogP contribution is 2.20. The molecule has 3 rings (SSSR count). The molecule has 2 N–H and O–H groups in total. The largest absolute Gasteiger partial charge is 0.352 e. The standard InChI is InChI=1S/C13H14FN3OS/c1-7-4-11-10(5-9(7)14)16-13(19)17(11)6-12(18)15-8-2-3-8/h4-5,8H,2-3,6H2,1H3,(H,15,18)(H,16,19). The average molecular weight is 279 g/mol. The topological polar surface area (TPSA) is 49.8 Å². The lowest BCUT2D eigenvalue weighted by molar-refractivity contribution is -0.121. The summed E-state index contributed by atoms with van der Waals surface area (Å²) in [4.78, 5) is 14.8. The van der Waals surface area contributed by atoms with E-state index in [-0.39, 0.29) is 18.3 Å². The molecule has 1 amide bonds. The van der Waals surface area contributed by atoms with Gasteiger partial charge in [-0.15, -0.1) is 0 Å². The van der Waals surface area contributed by atoms with E-state index in [4.69, 9.17) is 12.2 Å². The summed E-state index contributed by atoms with van der Waals surface area (Å²) in [6.45, 7) is 1.86. The van der Waals surface area contributed by atoms with Crippen molar-refractivity contribution in [1.82, 2.24) is 14.9 Å². The first-order valence-electron chi connectivity index (χ1n) is 6.22. The van der Waals surface area contributed by atoms with Gasteiger partial charge in [0.25, 0.3) is 0 Å². The number of aryl methyl sites for hydroxylation is 1. The van der Waals surface area contributed by atoms with Crippen LogP contribution >= 0.6 is 12.2 Å². The Morgan fingerprint density at radius 3 is 3.00 bits per heavy atom. The molecular formula is C13H14FN3OS.